The van der Waals surface area contributed by atoms with E-state index in [0.717, 1.165) is 15.7 Å². The molecular weight excluding hydrogens is 304 g/mol. The number of hydrogen-bond donors (Lipinski definition) is 2. The number of aromatic nitrogens is 1. The van der Waals surface area contributed by atoms with Crippen molar-refractivity contribution in [2.45, 2.75) is 6.54 Å². The molecule has 2 aromatic rings. The Morgan fingerprint density at radius 2 is 2.18 bits per heavy atom. The Morgan fingerprint density at radius 3 is 2.94 bits per heavy atom. The van der Waals surface area contributed by atoms with E-state index in [1.54, 1.807) is 24.4 Å². The van der Waals surface area contributed by atoms with Gasteiger partial charge in [-0.05, 0) is 30.3 Å². The van der Waals surface area contributed by atoms with Crippen molar-refractivity contribution in [3.63, 3.8) is 0 Å². The summed E-state index contributed by atoms with van der Waals surface area (Å²) in [5, 5.41) is 13.2. The van der Waals surface area contributed by atoms with Gasteiger partial charge in [-0.3, -0.25) is 0 Å². The lowest BCUT2D eigenvalue weighted by Crippen LogP contribution is -2.00. The predicted octanol–water partition coefficient (Wildman–Crippen LogP) is 3.82. The lowest BCUT2D eigenvalue weighted by atomic mass is 10.2. The molecule has 0 saturated carbocycles. The minimum atomic E-state index is 0.251. The van der Waals surface area contributed by atoms with Crippen LogP contribution in [-0.4, -0.2) is 10.1 Å². The molecule has 0 aliphatic heterocycles. The van der Waals surface area contributed by atoms with Gasteiger partial charge in [-0.15, -0.1) is 0 Å². The molecule has 2 rings (SSSR count). The highest BCUT2D eigenvalue weighted by molar-refractivity contribution is 9.10. The van der Waals surface area contributed by atoms with Gasteiger partial charge < -0.3 is 10.4 Å². The second kappa shape index (κ2) is 5.38. The lowest BCUT2D eigenvalue weighted by Gasteiger charge is -2.09. The average Bonchev–Trinajstić information content (AvgIpc) is 2.32. The number of pyridine rings is 1. The second-order valence-corrected chi connectivity index (χ2v) is 4.74. The minimum absolute atomic E-state index is 0.251. The molecule has 17 heavy (non-hydrogen) atoms. The standard InChI is InChI=1S/C12H10BrClN2O/c13-9-3-4-11(17)8(6-9)7-16-10-2-1-5-15-12(10)14/h1-6,16-17H,7H2. The quantitative estimate of drug-likeness (QED) is 0.847. The molecule has 0 bridgehead atoms. The molecule has 1 heterocycles. The average molecular weight is 314 g/mol. The zero-order valence-electron chi connectivity index (χ0n) is 8.82. The Balaban J connectivity index is 2.12. The number of phenols is 1. The summed E-state index contributed by atoms with van der Waals surface area (Å²) in [7, 11) is 0. The second-order valence-electron chi connectivity index (χ2n) is 3.47. The van der Waals surface area contributed by atoms with Crippen molar-refractivity contribution in [3.8, 4) is 5.75 Å². The van der Waals surface area contributed by atoms with Crippen LogP contribution >= 0.6 is 27.5 Å². The topological polar surface area (TPSA) is 45.1 Å². The molecule has 88 valence electrons. The van der Waals surface area contributed by atoms with Crippen LogP contribution in [0.25, 0.3) is 0 Å². The van der Waals surface area contributed by atoms with E-state index in [-0.39, 0.29) is 5.75 Å². The van der Waals surface area contributed by atoms with Crippen LogP contribution in [0.15, 0.2) is 41.0 Å². The summed E-state index contributed by atoms with van der Waals surface area (Å²) in [6.45, 7) is 0.483. The molecule has 0 amide bonds. The molecule has 1 aromatic heterocycles. The third-order valence-electron chi connectivity index (χ3n) is 2.27. The fourth-order valence-electron chi connectivity index (χ4n) is 1.40. The van der Waals surface area contributed by atoms with Gasteiger partial charge in [-0.1, -0.05) is 27.5 Å². The van der Waals surface area contributed by atoms with Gasteiger partial charge in [0.2, 0.25) is 0 Å². The molecule has 0 aliphatic rings. The first-order chi connectivity index (χ1) is 8.16. The number of nitrogens with one attached hydrogen (secondary N) is 1. The number of nitrogens with zero attached hydrogens (tertiary/aromatic N) is 1. The Hall–Kier alpha value is -1.26. The Labute approximate surface area is 113 Å². The van der Waals surface area contributed by atoms with Crippen LogP contribution in [0.1, 0.15) is 5.56 Å². The minimum Gasteiger partial charge on any atom is -0.508 e. The maximum absolute atomic E-state index is 9.67. The van der Waals surface area contributed by atoms with Crippen molar-refractivity contribution in [2.24, 2.45) is 0 Å². The van der Waals surface area contributed by atoms with Crippen molar-refractivity contribution in [1.82, 2.24) is 4.98 Å². The molecule has 0 fully saturated rings. The molecule has 0 unspecified atom stereocenters. The highest BCUT2D eigenvalue weighted by Crippen LogP contribution is 2.24. The van der Waals surface area contributed by atoms with E-state index >= 15 is 0 Å². The number of halogens is 2. The van der Waals surface area contributed by atoms with E-state index in [9.17, 15) is 5.11 Å². The number of benzene rings is 1. The normalized spacial score (nSPS) is 10.2. The fraction of sp³-hybridized carbons (Fsp3) is 0.0833. The number of aromatic hydroxyl groups is 1. The van der Waals surface area contributed by atoms with E-state index in [1.807, 2.05) is 12.1 Å². The van der Waals surface area contributed by atoms with Gasteiger partial charge in [0.05, 0.1) is 5.69 Å². The maximum atomic E-state index is 9.67. The summed E-state index contributed by atoms with van der Waals surface area (Å²) >= 11 is 9.28. The van der Waals surface area contributed by atoms with E-state index in [1.165, 1.54) is 0 Å². The van der Waals surface area contributed by atoms with E-state index in [4.69, 9.17) is 11.6 Å². The first-order valence-corrected chi connectivity index (χ1v) is 6.15. The molecule has 2 N–H and O–H groups in total. The molecule has 0 aliphatic carbocycles. The number of rotatable bonds is 3. The third kappa shape index (κ3) is 3.11. The first kappa shape index (κ1) is 12.2. The highest BCUT2D eigenvalue weighted by Gasteiger charge is 2.04. The largest absolute Gasteiger partial charge is 0.508 e. The van der Waals surface area contributed by atoms with Gasteiger partial charge in [0.25, 0.3) is 0 Å². The van der Waals surface area contributed by atoms with E-state index in [2.05, 4.69) is 26.2 Å². The molecule has 0 saturated heterocycles. The molecule has 0 atom stereocenters. The van der Waals surface area contributed by atoms with Crippen LogP contribution < -0.4 is 5.32 Å². The Morgan fingerprint density at radius 1 is 1.35 bits per heavy atom. The van der Waals surface area contributed by atoms with Gasteiger partial charge in [0.1, 0.15) is 5.75 Å². The molecule has 5 heteroatoms. The SMILES string of the molecule is Oc1ccc(Br)cc1CNc1cccnc1Cl. The molecule has 3 nitrogen and oxygen atoms in total. The van der Waals surface area contributed by atoms with Crippen molar-refractivity contribution in [3.05, 3.63) is 51.7 Å². The van der Waals surface area contributed by atoms with Crippen molar-refractivity contribution in [2.75, 3.05) is 5.32 Å². The van der Waals surface area contributed by atoms with Crippen molar-refractivity contribution in [1.29, 1.82) is 0 Å². The fourth-order valence-corrected chi connectivity index (χ4v) is 2.00. The van der Waals surface area contributed by atoms with Crippen LogP contribution in [0.3, 0.4) is 0 Å². The maximum Gasteiger partial charge on any atom is 0.152 e. The van der Waals surface area contributed by atoms with Gasteiger partial charge in [-0.25, -0.2) is 4.98 Å². The van der Waals surface area contributed by atoms with Gasteiger partial charge in [-0.2, -0.15) is 0 Å². The molecule has 0 radical (unpaired) electrons. The Bertz CT molecular complexity index is 534. The van der Waals surface area contributed by atoms with Gasteiger partial charge in [0, 0.05) is 22.8 Å². The predicted molar refractivity (Wildman–Crippen MR) is 72.4 cm³/mol. The van der Waals surface area contributed by atoms with Gasteiger partial charge >= 0.3 is 0 Å². The van der Waals surface area contributed by atoms with Crippen LogP contribution in [0.5, 0.6) is 5.75 Å². The summed E-state index contributed by atoms with van der Waals surface area (Å²) in [4.78, 5) is 3.96. The summed E-state index contributed by atoms with van der Waals surface area (Å²) < 4.78 is 0.921. The summed E-state index contributed by atoms with van der Waals surface area (Å²) in [5.41, 5.74) is 1.54. The van der Waals surface area contributed by atoms with Crippen LogP contribution in [0, 0.1) is 0 Å². The Kier molecular flexibility index (Phi) is 3.86. The summed E-state index contributed by atoms with van der Waals surface area (Å²) in [6, 6.07) is 8.92. The summed E-state index contributed by atoms with van der Waals surface area (Å²) in [5.74, 6) is 0.251. The van der Waals surface area contributed by atoms with Crippen molar-refractivity contribution >= 4 is 33.2 Å². The number of hydrogen-bond acceptors (Lipinski definition) is 3. The van der Waals surface area contributed by atoms with E-state index in [0.29, 0.717) is 11.7 Å². The van der Waals surface area contributed by atoms with Crippen LogP contribution in [-0.2, 0) is 6.54 Å². The number of anilines is 1. The molecular formula is C12H10BrClN2O. The zero-order valence-corrected chi connectivity index (χ0v) is 11.2. The van der Waals surface area contributed by atoms with E-state index < -0.39 is 0 Å². The summed E-state index contributed by atoms with van der Waals surface area (Å²) in [6.07, 6.45) is 1.63. The first-order valence-electron chi connectivity index (χ1n) is 4.98. The third-order valence-corrected chi connectivity index (χ3v) is 3.06. The van der Waals surface area contributed by atoms with Crippen LogP contribution in [0.4, 0.5) is 5.69 Å². The lowest BCUT2D eigenvalue weighted by molar-refractivity contribution is 0.469. The number of phenolic OH excluding ortho intramolecular Hbond substituents is 1. The smallest absolute Gasteiger partial charge is 0.152 e. The highest BCUT2D eigenvalue weighted by atomic mass is 79.9. The molecule has 0 spiro atoms. The van der Waals surface area contributed by atoms with Crippen LogP contribution in [0.2, 0.25) is 5.15 Å². The zero-order chi connectivity index (χ0) is 12.3. The van der Waals surface area contributed by atoms with Gasteiger partial charge in [0.15, 0.2) is 5.15 Å². The van der Waals surface area contributed by atoms with Crippen molar-refractivity contribution < 1.29 is 5.11 Å². The molecule has 1 aromatic carbocycles. The monoisotopic (exact) mass is 312 g/mol.